The first-order chi connectivity index (χ1) is 8.15. The number of nitrogen functional groups attached to an aromatic ring is 1. The van der Waals surface area contributed by atoms with Crippen molar-refractivity contribution in [1.82, 2.24) is 4.98 Å². The van der Waals surface area contributed by atoms with Crippen LogP contribution in [0.3, 0.4) is 0 Å². The van der Waals surface area contributed by atoms with Gasteiger partial charge in [0.1, 0.15) is 5.75 Å². The number of pyridine rings is 1. The van der Waals surface area contributed by atoms with E-state index in [2.05, 4.69) is 31.0 Å². The summed E-state index contributed by atoms with van der Waals surface area (Å²) >= 11 is 0. The summed E-state index contributed by atoms with van der Waals surface area (Å²) in [5, 5.41) is 0. The van der Waals surface area contributed by atoms with Crippen molar-refractivity contribution >= 4 is 5.69 Å². The van der Waals surface area contributed by atoms with Gasteiger partial charge in [-0.3, -0.25) is 0 Å². The van der Waals surface area contributed by atoms with E-state index in [-0.39, 0.29) is 0 Å². The fourth-order valence-corrected chi connectivity index (χ4v) is 1.49. The molecule has 0 spiro atoms. The number of benzene rings is 1. The van der Waals surface area contributed by atoms with Crippen LogP contribution in [0.1, 0.15) is 25.3 Å². The van der Waals surface area contributed by atoms with Gasteiger partial charge in [0, 0.05) is 6.07 Å². The first-order valence-electron chi connectivity index (χ1n) is 5.64. The molecule has 0 saturated heterocycles. The highest BCUT2D eigenvalue weighted by molar-refractivity contribution is 5.38. The van der Waals surface area contributed by atoms with Crippen molar-refractivity contribution in [3.05, 3.63) is 48.2 Å². The second-order valence-corrected chi connectivity index (χ2v) is 4.26. The molecule has 0 radical (unpaired) electrons. The molecule has 0 fully saturated rings. The van der Waals surface area contributed by atoms with E-state index in [0.29, 0.717) is 17.5 Å². The van der Waals surface area contributed by atoms with Crippen LogP contribution in [0.15, 0.2) is 42.6 Å². The molecule has 2 aromatic rings. The SMILES string of the molecule is CC(C)c1ccc(Oc2ccc(N)cn2)cc1. The first kappa shape index (κ1) is 11.5. The van der Waals surface area contributed by atoms with Gasteiger partial charge < -0.3 is 10.5 Å². The van der Waals surface area contributed by atoms with Gasteiger partial charge in [-0.1, -0.05) is 26.0 Å². The molecule has 3 heteroatoms. The summed E-state index contributed by atoms with van der Waals surface area (Å²) in [5.74, 6) is 1.86. The lowest BCUT2D eigenvalue weighted by Gasteiger charge is -2.07. The van der Waals surface area contributed by atoms with Gasteiger partial charge in [0.05, 0.1) is 11.9 Å². The molecule has 88 valence electrons. The topological polar surface area (TPSA) is 48.1 Å². The van der Waals surface area contributed by atoms with Crippen LogP contribution in [0.4, 0.5) is 5.69 Å². The maximum Gasteiger partial charge on any atom is 0.219 e. The lowest BCUT2D eigenvalue weighted by Crippen LogP contribution is -1.91. The van der Waals surface area contributed by atoms with Gasteiger partial charge in [-0.05, 0) is 29.7 Å². The number of rotatable bonds is 3. The van der Waals surface area contributed by atoms with Crippen LogP contribution < -0.4 is 10.5 Å². The zero-order valence-corrected chi connectivity index (χ0v) is 10.1. The van der Waals surface area contributed by atoms with E-state index < -0.39 is 0 Å². The zero-order valence-electron chi connectivity index (χ0n) is 10.1. The van der Waals surface area contributed by atoms with Crippen LogP contribution >= 0.6 is 0 Å². The Kier molecular flexibility index (Phi) is 3.28. The molecule has 0 aliphatic carbocycles. The van der Waals surface area contributed by atoms with Crippen molar-refractivity contribution in [2.45, 2.75) is 19.8 Å². The van der Waals surface area contributed by atoms with Crippen molar-refractivity contribution in [2.75, 3.05) is 5.73 Å². The molecule has 2 rings (SSSR count). The number of hydrogen-bond donors (Lipinski definition) is 1. The van der Waals surface area contributed by atoms with E-state index in [0.717, 1.165) is 5.75 Å². The first-order valence-corrected chi connectivity index (χ1v) is 5.64. The van der Waals surface area contributed by atoms with Crippen molar-refractivity contribution in [1.29, 1.82) is 0 Å². The van der Waals surface area contributed by atoms with E-state index in [1.165, 1.54) is 5.56 Å². The van der Waals surface area contributed by atoms with Gasteiger partial charge in [-0.25, -0.2) is 4.98 Å². The lowest BCUT2D eigenvalue weighted by molar-refractivity contribution is 0.463. The highest BCUT2D eigenvalue weighted by atomic mass is 16.5. The fraction of sp³-hybridized carbons (Fsp3) is 0.214. The Labute approximate surface area is 101 Å². The molecule has 0 unspecified atom stereocenters. The second-order valence-electron chi connectivity index (χ2n) is 4.26. The minimum atomic E-state index is 0.527. The molecule has 17 heavy (non-hydrogen) atoms. The molecular formula is C14H16N2O. The number of anilines is 1. The predicted molar refractivity (Wildman–Crippen MR) is 69.3 cm³/mol. The summed E-state index contributed by atoms with van der Waals surface area (Å²) < 4.78 is 5.60. The average molecular weight is 228 g/mol. The van der Waals surface area contributed by atoms with Crippen molar-refractivity contribution < 1.29 is 4.74 Å². The molecule has 1 aromatic carbocycles. The molecule has 0 bridgehead atoms. The summed E-state index contributed by atoms with van der Waals surface area (Å²) in [6.07, 6.45) is 1.58. The highest BCUT2D eigenvalue weighted by Crippen LogP contribution is 2.22. The van der Waals surface area contributed by atoms with Crippen LogP contribution in [0.25, 0.3) is 0 Å². The molecular weight excluding hydrogens is 212 g/mol. The third-order valence-electron chi connectivity index (χ3n) is 2.53. The van der Waals surface area contributed by atoms with Gasteiger partial charge >= 0.3 is 0 Å². The monoisotopic (exact) mass is 228 g/mol. The van der Waals surface area contributed by atoms with Crippen LogP contribution in [-0.4, -0.2) is 4.98 Å². The van der Waals surface area contributed by atoms with E-state index in [1.54, 1.807) is 18.3 Å². The number of hydrogen-bond acceptors (Lipinski definition) is 3. The highest BCUT2D eigenvalue weighted by Gasteiger charge is 2.01. The normalized spacial score (nSPS) is 10.5. The standard InChI is InChI=1S/C14H16N2O/c1-10(2)11-3-6-13(7-4-11)17-14-8-5-12(15)9-16-14/h3-10H,15H2,1-2H3. The van der Waals surface area contributed by atoms with Crippen molar-refractivity contribution in [3.8, 4) is 11.6 Å². The smallest absolute Gasteiger partial charge is 0.219 e. The molecule has 0 aliphatic rings. The van der Waals surface area contributed by atoms with Crippen molar-refractivity contribution in [2.24, 2.45) is 0 Å². The Morgan fingerprint density at radius 3 is 2.29 bits per heavy atom. The van der Waals surface area contributed by atoms with Gasteiger partial charge in [-0.2, -0.15) is 0 Å². The summed E-state index contributed by atoms with van der Waals surface area (Å²) in [7, 11) is 0. The van der Waals surface area contributed by atoms with Gasteiger partial charge in [0.15, 0.2) is 0 Å². The quantitative estimate of drug-likeness (QED) is 0.873. The zero-order chi connectivity index (χ0) is 12.3. The Balaban J connectivity index is 2.11. The maximum atomic E-state index is 5.60. The largest absolute Gasteiger partial charge is 0.439 e. The fourth-order valence-electron chi connectivity index (χ4n) is 1.49. The molecule has 0 atom stereocenters. The second kappa shape index (κ2) is 4.87. The van der Waals surface area contributed by atoms with Gasteiger partial charge in [0.25, 0.3) is 0 Å². The average Bonchev–Trinajstić information content (AvgIpc) is 2.33. The number of ether oxygens (including phenoxy) is 1. The van der Waals surface area contributed by atoms with Crippen LogP contribution in [0, 0.1) is 0 Å². The molecule has 0 amide bonds. The van der Waals surface area contributed by atoms with Crippen LogP contribution in [0.5, 0.6) is 11.6 Å². The number of aromatic nitrogens is 1. The van der Waals surface area contributed by atoms with Gasteiger partial charge in [0.2, 0.25) is 5.88 Å². The number of nitrogens with zero attached hydrogens (tertiary/aromatic N) is 1. The van der Waals surface area contributed by atoms with E-state index in [1.807, 2.05) is 12.1 Å². The molecule has 3 nitrogen and oxygen atoms in total. The Morgan fingerprint density at radius 1 is 1.06 bits per heavy atom. The van der Waals surface area contributed by atoms with Crippen molar-refractivity contribution in [3.63, 3.8) is 0 Å². The minimum absolute atomic E-state index is 0.527. The van der Waals surface area contributed by atoms with Crippen LogP contribution in [0.2, 0.25) is 0 Å². The summed E-state index contributed by atoms with van der Waals surface area (Å²) in [6.45, 7) is 4.33. The predicted octanol–water partition coefficient (Wildman–Crippen LogP) is 3.58. The van der Waals surface area contributed by atoms with Crippen LogP contribution in [-0.2, 0) is 0 Å². The Bertz CT molecular complexity index is 475. The van der Waals surface area contributed by atoms with Gasteiger partial charge in [-0.15, -0.1) is 0 Å². The van der Waals surface area contributed by atoms with E-state index in [9.17, 15) is 0 Å². The molecule has 0 aliphatic heterocycles. The molecule has 1 aromatic heterocycles. The maximum absolute atomic E-state index is 5.60. The van der Waals surface area contributed by atoms with E-state index in [4.69, 9.17) is 10.5 Å². The lowest BCUT2D eigenvalue weighted by atomic mass is 10.0. The number of nitrogens with two attached hydrogens (primary N) is 1. The Morgan fingerprint density at radius 2 is 1.76 bits per heavy atom. The summed E-state index contributed by atoms with van der Waals surface area (Å²) in [5.41, 5.74) is 7.48. The molecule has 0 saturated carbocycles. The minimum Gasteiger partial charge on any atom is -0.439 e. The third kappa shape index (κ3) is 2.97. The molecule has 1 heterocycles. The third-order valence-corrected chi connectivity index (χ3v) is 2.53. The van der Waals surface area contributed by atoms with E-state index >= 15 is 0 Å². The summed E-state index contributed by atoms with van der Waals surface area (Å²) in [6, 6.07) is 11.6. The summed E-state index contributed by atoms with van der Waals surface area (Å²) in [4.78, 5) is 4.08. The Hall–Kier alpha value is -2.03. The molecule has 2 N–H and O–H groups in total.